The maximum Gasteiger partial charge on any atom is 0.224 e. The van der Waals surface area contributed by atoms with Gasteiger partial charge in [-0.2, -0.15) is 0 Å². The summed E-state index contributed by atoms with van der Waals surface area (Å²) in [5, 5.41) is 10.2. The van der Waals surface area contributed by atoms with Crippen molar-refractivity contribution in [3.05, 3.63) is 17.0 Å². The largest absolute Gasteiger partial charge is 0.361 e. The Labute approximate surface area is 119 Å². The zero-order valence-electron chi connectivity index (χ0n) is 11.5. The quantitative estimate of drug-likeness (QED) is 0.878. The molecule has 1 aliphatic heterocycles. The first kappa shape index (κ1) is 16.0. The van der Waals surface area contributed by atoms with Crippen LogP contribution in [0.15, 0.2) is 4.52 Å². The highest BCUT2D eigenvalue weighted by atomic mass is 35.5. The summed E-state index contributed by atoms with van der Waals surface area (Å²) in [7, 11) is 0. The van der Waals surface area contributed by atoms with E-state index in [1.165, 1.54) is 12.8 Å². The lowest BCUT2D eigenvalue weighted by molar-refractivity contribution is -0.120. The Morgan fingerprint density at radius 3 is 2.89 bits per heavy atom. The number of carbonyl (C=O) groups excluding carboxylic acids is 1. The van der Waals surface area contributed by atoms with Gasteiger partial charge in [0, 0.05) is 12.1 Å². The minimum atomic E-state index is 0. The number of hydrogen-bond acceptors (Lipinski definition) is 4. The molecule has 2 N–H and O–H groups in total. The van der Waals surface area contributed by atoms with Crippen LogP contribution in [0.5, 0.6) is 0 Å². The van der Waals surface area contributed by atoms with Crippen LogP contribution in [0.2, 0.25) is 0 Å². The van der Waals surface area contributed by atoms with Crippen LogP contribution in [0.1, 0.15) is 29.9 Å². The number of halogens is 1. The van der Waals surface area contributed by atoms with Crippen LogP contribution in [-0.4, -0.2) is 30.7 Å². The van der Waals surface area contributed by atoms with Crippen molar-refractivity contribution in [1.29, 1.82) is 0 Å². The van der Waals surface area contributed by atoms with Crippen LogP contribution < -0.4 is 10.6 Å². The van der Waals surface area contributed by atoms with Gasteiger partial charge in [-0.15, -0.1) is 12.4 Å². The van der Waals surface area contributed by atoms with Crippen molar-refractivity contribution >= 4 is 18.3 Å². The first-order chi connectivity index (χ1) is 8.66. The molecule has 1 atom stereocenters. The molecule has 2 heterocycles. The van der Waals surface area contributed by atoms with Gasteiger partial charge in [-0.25, -0.2) is 0 Å². The standard InChI is InChI=1S/C13H21N3O2.ClH/c1-9-12(10(2)18-16-9)6-13(17)15-8-11-4-3-5-14-7-11;/h11,14H,3-8H2,1-2H3,(H,15,17);1H. The van der Waals surface area contributed by atoms with Gasteiger partial charge in [0.05, 0.1) is 12.1 Å². The first-order valence-electron chi connectivity index (χ1n) is 6.56. The van der Waals surface area contributed by atoms with Crippen molar-refractivity contribution in [2.75, 3.05) is 19.6 Å². The van der Waals surface area contributed by atoms with E-state index in [9.17, 15) is 4.79 Å². The van der Waals surface area contributed by atoms with Crippen molar-refractivity contribution < 1.29 is 9.32 Å². The van der Waals surface area contributed by atoms with E-state index in [2.05, 4.69) is 15.8 Å². The summed E-state index contributed by atoms with van der Waals surface area (Å²) >= 11 is 0. The van der Waals surface area contributed by atoms with Crippen LogP contribution >= 0.6 is 12.4 Å². The summed E-state index contributed by atoms with van der Waals surface area (Å²) in [5.41, 5.74) is 1.72. The van der Waals surface area contributed by atoms with E-state index in [0.29, 0.717) is 12.3 Å². The van der Waals surface area contributed by atoms with Crippen molar-refractivity contribution in [3.8, 4) is 0 Å². The topological polar surface area (TPSA) is 67.2 Å². The fourth-order valence-electron chi connectivity index (χ4n) is 2.33. The van der Waals surface area contributed by atoms with Gasteiger partial charge in [0.25, 0.3) is 0 Å². The molecule has 19 heavy (non-hydrogen) atoms. The molecule has 0 radical (unpaired) electrons. The molecule has 1 amide bonds. The first-order valence-corrected chi connectivity index (χ1v) is 6.56. The fraction of sp³-hybridized carbons (Fsp3) is 0.692. The molecule has 6 heteroatoms. The molecule has 0 saturated carbocycles. The lowest BCUT2D eigenvalue weighted by atomic mass is 9.99. The van der Waals surface area contributed by atoms with Gasteiger partial charge >= 0.3 is 0 Å². The second-order valence-corrected chi connectivity index (χ2v) is 5.00. The molecule has 0 bridgehead atoms. The molecule has 5 nitrogen and oxygen atoms in total. The summed E-state index contributed by atoms with van der Waals surface area (Å²) in [4.78, 5) is 11.9. The Morgan fingerprint density at radius 1 is 1.53 bits per heavy atom. The lowest BCUT2D eigenvalue weighted by Gasteiger charge is -2.22. The van der Waals surface area contributed by atoms with E-state index in [1.54, 1.807) is 0 Å². The predicted octanol–water partition coefficient (Wildman–Crippen LogP) is 1.37. The Morgan fingerprint density at radius 2 is 2.32 bits per heavy atom. The average Bonchev–Trinajstić information content (AvgIpc) is 2.69. The number of piperidine rings is 1. The summed E-state index contributed by atoms with van der Waals surface area (Å²) in [6, 6.07) is 0. The normalized spacial score (nSPS) is 18.7. The van der Waals surface area contributed by atoms with Gasteiger partial charge in [-0.05, 0) is 45.7 Å². The second-order valence-electron chi connectivity index (χ2n) is 5.00. The van der Waals surface area contributed by atoms with Crippen molar-refractivity contribution in [2.24, 2.45) is 5.92 Å². The number of hydrogen-bond donors (Lipinski definition) is 2. The van der Waals surface area contributed by atoms with E-state index in [4.69, 9.17) is 4.52 Å². The van der Waals surface area contributed by atoms with Crippen LogP contribution in [0, 0.1) is 19.8 Å². The van der Waals surface area contributed by atoms with Gasteiger partial charge in [-0.3, -0.25) is 4.79 Å². The molecule has 1 unspecified atom stereocenters. The average molecular weight is 288 g/mol. The van der Waals surface area contributed by atoms with E-state index >= 15 is 0 Å². The van der Waals surface area contributed by atoms with Crippen LogP contribution in [-0.2, 0) is 11.2 Å². The lowest BCUT2D eigenvalue weighted by Crippen LogP contribution is -2.38. The van der Waals surface area contributed by atoms with Crippen molar-refractivity contribution in [1.82, 2.24) is 15.8 Å². The summed E-state index contributed by atoms with van der Waals surface area (Å²) in [5.74, 6) is 1.35. The minimum Gasteiger partial charge on any atom is -0.361 e. The molecule has 1 aromatic rings. The number of nitrogens with zero attached hydrogens (tertiary/aromatic N) is 1. The summed E-state index contributed by atoms with van der Waals surface area (Å²) < 4.78 is 5.05. The molecule has 1 aliphatic rings. The third-order valence-corrected chi connectivity index (χ3v) is 3.51. The van der Waals surface area contributed by atoms with Gasteiger partial charge in [0.2, 0.25) is 5.91 Å². The zero-order valence-corrected chi connectivity index (χ0v) is 12.3. The van der Waals surface area contributed by atoms with E-state index in [-0.39, 0.29) is 18.3 Å². The van der Waals surface area contributed by atoms with Gasteiger partial charge in [-0.1, -0.05) is 5.16 Å². The molecular formula is C13H22ClN3O2. The molecule has 1 fully saturated rings. The van der Waals surface area contributed by atoms with Gasteiger partial charge in [0.1, 0.15) is 5.76 Å². The number of carbonyl (C=O) groups is 1. The SMILES string of the molecule is Cc1noc(C)c1CC(=O)NCC1CCCNC1.Cl. The van der Waals surface area contributed by atoms with Crippen LogP contribution in [0.3, 0.4) is 0 Å². The monoisotopic (exact) mass is 287 g/mol. The van der Waals surface area contributed by atoms with E-state index in [0.717, 1.165) is 36.7 Å². The maximum absolute atomic E-state index is 11.9. The number of aryl methyl sites for hydroxylation is 2. The second kappa shape index (κ2) is 7.50. The van der Waals surface area contributed by atoms with Crippen LogP contribution in [0.4, 0.5) is 0 Å². The number of aromatic nitrogens is 1. The molecular weight excluding hydrogens is 266 g/mol. The summed E-state index contributed by atoms with van der Waals surface area (Å²) in [6.45, 7) is 6.57. The number of rotatable bonds is 4. The molecule has 108 valence electrons. The van der Waals surface area contributed by atoms with E-state index in [1.807, 2.05) is 13.8 Å². The smallest absolute Gasteiger partial charge is 0.224 e. The van der Waals surface area contributed by atoms with Gasteiger partial charge in [0.15, 0.2) is 0 Å². The Hall–Kier alpha value is -1.07. The molecule has 1 aromatic heterocycles. The highest BCUT2D eigenvalue weighted by molar-refractivity contribution is 5.85. The summed E-state index contributed by atoms with van der Waals surface area (Å²) in [6.07, 6.45) is 2.75. The molecule has 1 saturated heterocycles. The Bertz CT molecular complexity index is 395. The maximum atomic E-state index is 11.9. The molecule has 0 spiro atoms. The predicted molar refractivity (Wildman–Crippen MR) is 75.5 cm³/mol. The highest BCUT2D eigenvalue weighted by Gasteiger charge is 2.16. The van der Waals surface area contributed by atoms with Crippen molar-refractivity contribution in [3.63, 3.8) is 0 Å². The number of amides is 1. The number of nitrogens with one attached hydrogen (secondary N) is 2. The Balaban J connectivity index is 0.00000180. The van der Waals surface area contributed by atoms with Crippen molar-refractivity contribution in [2.45, 2.75) is 33.1 Å². The highest BCUT2D eigenvalue weighted by Crippen LogP contribution is 2.13. The molecule has 2 rings (SSSR count). The zero-order chi connectivity index (χ0) is 13.0. The van der Waals surface area contributed by atoms with Gasteiger partial charge < -0.3 is 15.2 Å². The van der Waals surface area contributed by atoms with Crippen LogP contribution in [0.25, 0.3) is 0 Å². The molecule has 0 aliphatic carbocycles. The van der Waals surface area contributed by atoms with E-state index < -0.39 is 0 Å². The fourth-order valence-corrected chi connectivity index (χ4v) is 2.33. The molecule has 0 aromatic carbocycles. The minimum absolute atomic E-state index is 0. The Kier molecular flexibility index (Phi) is 6.31. The third-order valence-electron chi connectivity index (χ3n) is 3.51. The third kappa shape index (κ3) is 4.51.